The number of carboxylic acid groups (broad SMARTS) is 1. The summed E-state index contributed by atoms with van der Waals surface area (Å²) in [5, 5.41) is 28.0. The van der Waals surface area contributed by atoms with Crippen molar-refractivity contribution in [3.63, 3.8) is 0 Å². The lowest BCUT2D eigenvalue weighted by Crippen LogP contribution is -2.24. The fourth-order valence-electron chi connectivity index (χ4n) is 2.41. The zero-order chi connectivity index (χ0) is 19.7. The number of fused-ring (bicyclic) bond motifs is 1. The van der Waals surface area contributed by atoms with Crippen LogP contribution in [-0.4, -0.2) is 43.2 Å². The van der Waals surface area contributed by atoms with E-state index in [1.807, 2.05) is 5.43 Å². The van der Waals surface area contributed by atoms with Gasteiger partial charge in [0.1, 0.15) is 5.75 Å². The number of aromatic hydroxyl groups is 1. The van der Waals surface area contributed by atoms with Crippen molar-refractivity contribution in [1.82, 2.24) is 20.2 Å². The highest BCUT2D eigenvalue weighted by molar-refractivity contribution is 6.33. The second-order valence-corrected chi connectivity index (χ2v) is 5.88. The molecular formula is C16H13ClN6O4. The van der Waals surface area contributed by atoms with Crippen LogP contribution in [0.25, 0.3) is 16.7 Å². The molecule has 0 aliphatic heterocycles. The van der Waals surface area contributed by atoms with Crippen molar-refractivity contribution in [3.05, 3.63) is 46.2 Å². The molecule has 1 aromatic carbocycles. The van der Waals surface area contributed by atoms with Crippen LogP contribution < -0.4 is 11.2 Å². The molecule has 3 aromatic rings. The lowest BCUT2D eigenvalue weighted by atomic mass is 10.1. The molecule has 0 aliphatic rings. The van der Waals surface area contributed by atoms with Crippen molar-refractivity contribution < 1.29 is 19.8 Å². The van der Waals surface area contributed by atoms with E-state index in [4.69, 9.17) is 17.3 Å². The van der Waals surface area contributed by atoms with Gasteiger partial charge in [-0.25, -0.2) is 24.7 Å². The molecule has 2 heterocycles. The number of carbonyl (C=O) groups excluding carboxylic acids is 1. The molecule has 0 fully saturated rings. The maximum absolute atomic E-state index is 11.3. The Morgan fingerprint density at radius 2 is 2.15 bits per heavy atom. The fourth-order valence-corrected chi connectivity index (χ4v) is 2.61. The van der Waals surface area contributed by atoms with Crippen LogP contribution in [0.4, 0.5) is 4.79 Å². The molecule has 0 bridgehead atoms. The highest BCUT2D eigenvalue weighted by atomic mass is 35.5. The van der Waals surface area contributed by atoms with E-state index >= 15 is 0 Å². The molecule has 11 heteroatoms. The number of carbonyl (C=O) groups is 2. The van der Waals surface area contributed by atoms with E-state index < -0.39 is 12.0 Å². The number of benzene rings is 1. The first kappa shape index (κ1) is 18.1. The molecule has 5 N–H and O–H groups in total. The van der Waals surface area contributed by atoms with Gasteiger partial charge in [-0.05, 0) is 25.1 Å². The predicted octanol–water partition coefficient (Wildman–Crippen LogP) is 1.79. The van der Waals surface area contributed by atoms with Crippen molar-refractivity contribution >= 4 is 40.8 Å². The zero-order valence-electron chi connectivity index (χ0n) is 13.8. The molecule has 0 atom stereocenters. The predicted molar refractivity (Wildman–Crippen MR) is 97.5 cm³/mol. The Morgan fingerprint density at radius 1 is 1.41 bits per heavy atom. The van der Waals surface area contributed by atoms with Crippen LogP contribution in [0.5, 0.6) is 5.75 Å². The minimum Gasteiger partial charge on any atom is -0.505 e. The highest BCUT2D eigenvalue weighted by Crippen LogP contribution is 2.28. The standard InChI is InChI=1S/C16H13ClN6O4/c1-7-13(24)10(5-19-21-16(18)27)11-6-23(22-14(11)20-7)8-2-3-12(17)9(4-8)15(25)26/h2-6,24H,1H3,(H,25,26)(H3,18,21,27). The minimum absolute atomic E-state index is 0.0758. The summed E-state index contributed by atoms with van der Waals surface area (Å²) >= 11 is 5.89. The Labute approximate surface area is 156 Å². The molecular weight excluding hydrogens is 376 g/mol. The Morgan fingerprint density at radius 3 is 2.81 bits per heavy atom. The molecule has 0 unspecified atom stereocenters. The van der Waals surface area contributed by atoms with Crippen LogP contribution in [0.1, 0.15) is 21.6 Å². The van der Waals surface area contributed by atoms with Gasteiger partial charge in [0.2, 0.25) is 0 Å². The number of aromatic carboxylic acids is 1. The third kappa shape index (κ3) is 3.51. The maximum atomic E-state index is 11.3. The quantitative estimate of drug-likeness (QED) is 0.394. The number of primary amides is 1. The first-order valence-electron chi connectivity index (χ1n) is 7.48. The number of halogens is 1. The van der Waals surface area contributed by atoms with Crippen molar-refractivity contribution in [2.45, 2.75) is 6.92 Å². The largest absolute Gasteiger partial charge is 0.505 e. The molecule has 10 nitrogen and oxygen atoms in total. The van der Waals surface area contributed by atoms with Crippen molar-refractivity contribution in [1.29, 1.82) is 0 Å². The third-order valence-electron chi connectivity index (χ3n) is 3.67. The number of urea groups is 1. The summed E-state index contributed by atoms with van der Waals surface area (Å²) in [5.74, 6) is -1.31. The number of rotatable bonds is 4. The van der Waals surface area contributed by atoms with E-state index in [0.717, 1.165) is 0 Å². The normalized spacial score (nSPS) is 11.2. The average molecular weight is 389 g/mol. The summed E-state index contributed by atoms with van der Waals surface area (Å²) in [6, 6.07) is 3.55. The van der Waals surface area contributed by atoms with Crippen LogP contribution in [-0.2, 0) is 0 Å². The van der Waals surface area contributed by atoms with Gasteiger partial charge in [-0.1, -0.05) is 11.6 Å². The SMILES string of the molecule is Cc1nc2nn(-c3ccc(Cl)c(C(=O)O)c3)cc2c(C=NNC(N)=O)c1O. The Balaban J connectivity index is 2.15. The van der Waals surface area contributed by atoms with Crippen LogP contribution in [0.3, 0.4) is 0 Å². The summed E-state index contributed by atoms with van der Waals surface area (Å²) in [6.07, 6.45) is 2.76. The third-order valence-corrected chi connectivity index (χ3v) is 4.00. The van der Waals surface area contributed by atoms with E-state index in [0.29, 0.717) is 16.8 Å². The number of amides is 2. The van der Waals surface area contributed by atoms with Gasteiger partial charge in [0.25, 0.3) is 0 Å². The fraction of sp³-hybridized carbons (Fsp3) is 0.0625. The second-order valence-electron chi connectivity index (χ2n) is 5.47. The van der Waals surface area contributed by atoms with Crippen LogP contribution in [0.2, 0.25) is 5.02 Å². The number of aryl methyl sites for hydroxylation is 1. The topological polar surface area (TPSA) is 156 Å². The van der Waals surface area contributed by atoms with Crippen LogP contribution in [0.15, 0.2) is 29.5 Å². The summed E-state index contributed by atoms with van der Waals surface area (Å²) in [7, 11) is 0. The first-order chi connectivity index (χ1) is 12.8. The number of nitrogens with one attached hydrogen (secondary N) is 1. The summed E-state index contributed by atoms with van der Waals surface area (Å²) in [5.41, 5.74) is 8.21. The van der Waals surface area contributed by atoms with Gasteiger partial charge in [0, 0.05) is 6.20 Å². The number of nitrogens with two attached hydrogens (primary N) is 1. The molecule has 0 aliphatic carbocycles. The number of hydrogen-bond donors (Lipinski definition) is 4. The van der Waals surface area contributed by atoms with Crippen molar-refractivity contribution in [2.75, 3.05) is 0 Å². The molecule has 138 valence electrons. The second kappa shape index (κ2) is 6.92. The Bertz CT molecular complexity index is 1110. The zero-order valence-corrected chi connectivity index (χ0v) is 14.6. The number of carboxylic acids is 1. The number of aromatic nitrogens is 3. The van der Waals surface area contributed by atoms with Gasteiger partial charge in [-0.15, -0.1) is 5.10 Å². The van der Waals surface area contributed by atoms with Crippen LogP contribution >= 0.6 is 11.6 Å². The lowest BCUT2D eigenvalue weighted by Gasteiger charge is -2.04. The van der Waals surface area contributed by atoms with E-state index in [2.05, 4.69) is 15.2 Å². The Hall–Kier alpha value is -3.66. The molecule has 0 saturated carbocycles. The van der Waals surface area contributed by atoms with Crippen LogP contribution in [0, 0.1) is 6.92 Å². The van der Waals surface area contributed by atoms with Gasteiger partial charge in [-0.3, -0.25) is 0 Å². The molecule has 0 spiro atoms. The van der Waals surface area contributed by atoms with Gasteiger partial charge in [0.05, 0.1) is 39.1 Å². The smallest absolute Gasteiger partial charge is 0.337 e. The van der Waals surface area contributed by atoms with Crippen molar-refractivity contribution in [2.24, 2.45) is 10.8 Å². The van der Waals surface area contributed by atoms with Gasteiger partial charge in [-0.2, -0.15) is 5.10 Å². The molecule has 2 amide bonds. The van der Waals surface area contributed by atoms with E-state index in [-0.39, 0.29) is 27.5 Å². The number of hydrazone groups is 1. The van der Waals surface area contributed by atoms with Gasteiger partial charge in [0.15, 0.2) is 5.65 Å². The van der Waals surface area contributed by atoms with Gasteiger partial charge >= 0.3 is 12.0 Å². The first-order valence-corrected chi connectivity index (χ1v) is 7.86. The number of hydrogen-bond acceptors (Lipinski definition) is 6. The van der Waals surface area contributed by atoms with Gasteiger partial charge < -0.3 is 15.9 Å². The van der Waals surface area contributed by atoms with E-state index in [1.165, 1.54) is 23.0 Å². The summed E-state index contributed by atoms with van der Waals surface area (Å²) in [6.45, 7) is 1.58. The minimum atomic E-state index is -1.17. The molecule has 0 radical (unpaired) electrons. The molecule has 27 heavy (non-hydrogen) atoms. The summed E-state index contributed by atoms with van der Waals surface area (Å²) < 4.78 is 1.40. The molecule has 0 saturated heterocycles. The van der Waals surface area contributed by atoms with E-state index in [9.17, 15) is 19.8 Å². The number of nitrogens with zero attached hydrogens (tertiary/aromatic N) is 4. The van der Waals surface area contributed by atoms with E-state index in [1.54, 1.807) is 19.2 Å². The monoisotopic (exact) mass is 388 g/mol. The summed E-state index contributed by atoms with van der Waals surface area (Å²) in [4.78, 5) is 26.2. The number of pyridine rings is 1. The Kier molecular flexibility index (Phi) is 4.65. The van der Waals surface area contributed by atoms with Crippen molar-refractivity contribution in [3.8, 4) is 11.4 Å². The lowest BCUT2D eigenvalue weighted by molar-refractivity contribution is 0.0697. The average Bonchev–Trinajstić information content (AvgIpc) is 3.01. The molecule has 2 aromatic heterocycles. The highest BCUT2D eigenvalue weighted by Gasteiger charge is 2.16. The molecule has 3 rings (SSSR count). The maximum Gasteiger partial charge on any atom is 0.337 e.